The van der Waals surface area contributed by atoms with E-state index >= 15 is 0 Å². The first-order valence-corrected chi connectivity index (χ1v) is 10.8. The molecular weight excluding hydrogens is 406 g/mol. The maximum atomic E-state index is 12.7. The molecule has 2 amide bonds. The molecule has 0 saturated heterocycles. The van der Waals surface area contributed by atoms with Crippen molar-refractivity contribution >= 4 is 51.4 Å². The number of aromatic nitrogens is 2. The fourth-order valence-electron chi connectivity index (χ4n) is 2.52. The van der Waals surface area contributed by atoms with Crippen LogP contribution in [0.1, 0.15) is 22.8 Å². The number of amides is 2. The number of aryl methyl sites for hydroxylation is 1. The predicted molar refractivity (Wildman–Crippen MR) is 119 cm³/mol. The van der Waals surface area contributed by atoms with E-state index in [1.807, 2.05) is 38.1 Å². The molecule has 150 valence electrons. The monoisotopic (exact) mass is 427 g/mol. The lowest BCUT2D eigenvalue weighted by Gasteiger charge is -2.11. The molecule has 0 atom stereocenters. The molecule has 7 nitrogen and oxygen atoms in total. The highest BCUT2D eigenvalue weighted by atomic mass is 32.2. The first kappa shape index (κ1) is 20.8. The molecule has 0 unspecified atom stereocenters. The Kier molecular flexibility index (Phi) is 7.20. The van der Waals surface area contributed by atoms with Crippen LogP contribution >= 0.6 is 23.1 Å². The van der Waals surface area contributed by atoms with Crippen LogP contribution in [0, 0.1) is 6.92 Å². The second kappa shape index (κ2) is 10.0. The summed E-state index contributed by atoms with van der Waals surface area (Å²) in [5, 5.41) is 17.5. The second-order valence-electron chi connectivity index (χ2n) is 6.11. The zero-order valence-corrected chi connectivity index (χ0v) is 17.7. The van der Waals surface area contributed by atoms with Crippen LogP contribution < -0.4 is 16.0 Å². The van der Waals surface area contributed by atoms with Gasteiger partial charge in [-0.05, 0) is 43.7 Å². The van der Waals surface area contributed by atoms with Gasteiger partial charge in [0.1, 0.15) is 0 Å². The Hall–Kier alpha value is -2.91. The summed E-state index contributed by atoms with van der Waals surface area (Å²) in [5.74, 6) is -0.321. The largest absolute Gasteiger partial charge is 0.360 e. The van der Waals surface area contributed by atoms with Gasteiger partial charge in [0.2, 0.25) is 11.0 Å². The molecular formula is C20H21N5O2S2. The molecule has 0 saturated carbocycles. The van der Waals surface area contributed by atoms with Crippen molar-refractivity contribution < 1.29 is 9.59 Å². The van der Waals surface area contributed by atoms with Crippen LogP contribution in [0.4, 0.5) is 16.5 Å². The summed E-state index contributed by atoms with van der Waals surface area (Å²) in [4.78, 5) is 25.1. The summed E-state index contributed by atoms with van der Waals surface area (Å²) in [7, 11) is 0. The van der Waals surface area contributed by atoms with Gasteiger partial charge in [-0.1, -0.05) is 47.4 Å². The van der Waals surface area contributed by atoms with Crippen LogP contribution in [0.2, 0.25) is 0 Å². The van der Waals surface area contributed by atoms with Crippen LogP contribution in [-0.4, -0.2) is 34.3 Å². The Morgan fingerprint density at radius 3 is 2.69 bits per heavy atom. The number of hydrogen-bond donors (Lipinski definition) is 3. The molecule has 0 aliphatic carbocycles. The lowest BCUT2D eigenvalue weighted by atomic mass is 10.1. The van der Waals surface area contributed by atoms with Crippen LogP contribution in [0.5, 0.6) is 0 Å². The smallest absolute Gasteiger partial charge is 0.257 e. The molecule has 2 aromatic carbocycles. The molecule has 1 heterocycles. The van der Waals surface area contributed by atoms with Crippen LogP contribution in [-0.2, 0) is 4.79 Å². The highest BCUT2D eigenvalue weighted by molar-refractivity contribution is 8.01. The van der Waals surface area contributed by atoms with Crippen LogP contribution in [0.3, 0.4) is 0 Å². The Morgan fingerprint density at radius 2 is 1.90 bits per heavy atom. The molecule has 1 aromatic heterocycles. The molecule has 3 aromatic rings. The maximum absolute atomic E-state index is 12.7. The van der Waals surface area contributed by atoms with Gasteiger partial charge in [-0.2, -0.15) is 0 Å². The standard InChI is InChI=1S/C20H21N5O2S2/c1-3-21-19-24-25-20(29-19)28-12-17(26)23-16-10-5-4-9-15(16)18(27)22-14-8-6-7-13(2)11-14/h4-11H,3,12H2,1-2H3,(H,21,24)(H,22,27)(H,23,26). The van der Waals surface area contributed by atoms with E-state index in [4.69, 9.17) is 0 Å². The maximum Gasteiger partial charge on any atom is 0.257 e. The van der Waals surface area contributed by atoms with Gasteiger partial charge in [0.25, 0.3) is 5.91 Å². The lowest BCUT2D eigenvalue weighted by molar-refractivity contribution is -0.113. The van der Waals surface area contributed by atoms with E-state index in [2.05, 4.69) is 26.1 Å². The second-order valence-corrected chi connectivity index (χ2v) is 8.31. The molecule has 0 aliphatic heterocycles. The third-order valence-electron chi connectivity index (χ3n) is 3.78. The molecule has 0 bridgehead atoms. The van der Waals surface area contributed by atoms with Crippen molar-refractivity contribution in [2.45, 2.75) is 18.2 Å². The van der Waals surface area contributed by atoms with Gasteiger partial charge < -0.3 is 16.0 Å². The Bertz CT molecular complexity index is 1010. The van der Waals surface area contributed by atoms with Gasteiger partial charge in [0.05, 0.1) is 17.0 Å². The van der Waals surface area contributed by atoms with Gasteiger partial charge in [-0.15, -0.1) is 10.2 Å². The molecule has 0 fully saturated rings. The minimum Gasteiger partial charge on any atom is -0.360 e. The van der Waals surface area contributed by atoms with Crippen molar-refractivity contribution in [3.05, 3.63) is 59.7 Å². The first-order chi connectivity index (χ1) is 14.0. The molecule has 29 heavy (non-hydrogen) atoms. The van der Waals surface area contributed by atoms with Gasteiger partial charge in [0, 0.05) is 12.2 Å². The number of carbonyl (C=O) groups excluding carboxylic acids is 2. The number of anilines is 3. The number of nitrogens with one attached hydrogen (secondary N) is 3. The Morgan fingerprint density at radius 1 is 1.07 bits per heavy atom. The predicted octanol–water partition coefficient (Wildman–Crippen LogP) is 4.26. The van der Waals surface area contributed by atoms with E-state index in [9.17, 15) is 9.59 Å². The van der Waals surface area contributed by atoms with E-state index in [1.165, 1.54) is 23.1 Å². The summed E-state index contributed by atoms with van der Waals surface area (Å²) in [6, 6.07) is 14.5. The highest BCUT2D eigenvalue weighted by Gasteiger charge is 2.14. The summed E-state index contributed by atoms with van der Waals surface area (Å²) in [6.45, 7) is 4.70. The zero-order valence-electron chi connectivity index (χ0n) is 16.1. The Labute approximate surface area is 177 Å². The average Bonchev–Trinajstić information content (AvgIpc) is 3.15. The number of hydrogen-bond acceptors (Lipinski definition) is 7. The zero-order chi connectivity index (χ0) is 20.6. The summed E-state index contributed by atoms with van der Waals surface area (Å²) < 4.78 is 0.710. The first-order valence-electron chi connectivity index (χ1n) is 9.02. The highest BCUT2D eigenvalue weighted by Crippen LogP contribution is 2.26. The molecule has 0 aliphatic rings. The van der Waals surface area contributed by atoms with Crippen LogP contribution in [0.25, 0.3) is 0 Å². The van der Waals surface area contributed by atoms with E-state index in [-0.39, 0.29) is 17.6 Å². The third kappa shape index (κ3) is 6.03. The van der Waals surface area contributed by atoms with Crippen LogP contribution in [0.15, 0.2) is 52.9 Å². The van der Waals surface area contributed by atoms with Gasteiger partial charge in [-0.3, -0.25) is 9.59 Å². The topological polar surface area (TPSA) is 96.0 Å². The number of para-hydroxylation sites is 1. The Balaban J connectivity index is 1.61. The quantitative estimate of drug-likeness (QED) is 0.465. The van der Waals surface area contributed by atoms with E-state index in [0.717, 1.165) is 17.2 Å². The number of thioether (sulfide) groups is 1. The molecule has 0 spiro atoms. The van der Waals surface area contributed by atoms with Crippen molar-refractivity contribution in [2.75, 3.05) is 28.2 Å². The SMILES string of the molecule is CCNc1nnc(SCC(=O)Nc2ccccc2C(=O)Nc2cccc(C)c2)s1. The van der Waals surface area contributed by atoms with Gasteiger partial charge >= 0.3 is 0 Å². The number of rotatable bonds is 8. The summed E-state index contributed by atoms with van der Waals surface area (Å²) in [6.07, 6.45) is 0. The molecule has 0 radical (unpaired) electrons. The van der Waals surface area contributed by atoms with E-state index in [0.29, 0.717) is 21.3 Å². The molecule has 3 rings (SSSR count). The molecule has 9 heteroatoms. The average molecular weight is 428 g/mol. The summed E-state index contributed by atoms with van der Waals surface area (Å²) in [5.41, 5.74) is 2.63. The van der Waals surface area contributed by atoms with Crippen molar-refractivity contribution in [2.24, 2.45) is 0 Å². The minimum absolute atomic E-state index is 0.175. The van der Waals surface area contributed by atoms with Crippen molar-refractivity contribution in [1.29, 1.82) is 0 Å². The molecule has 3 N–H and O–H groups in total. The van der Waals surface area contributed by atoms with Gasteiger partial charge in [-0.25, -0.2) is 0 Å². The number of benzene rings is 2. The number of nitrogens with zero attached hydrogens (tertiary/aromatic N) is 2. The fourth-order valence-corrected chi connectivity index (χ4v) is 4.14. The van der Waals surface area contributed by atoms with Crippen molar-refractivity contribution in [3.8, 4) is 0 Å². The third-order valence-corrected chi connectivity index (χ3v) is 5.80. The van der Waals surface area contributed by atoms with E-state index < -0.39 is 0 Å². The van der Waals surface area contributed by atoms with Crippen molar-refractivity contribution in [1.82, 2.24) is 10.2 Å². The summed E-state index contributed by atoms with van der Waals surface area (Å²) >= 11 is 2.71. The lowest BCUT2D eigenvalue weighted by Crippen LogP contribution is -2.19. The fraction of sp³-hybridized carbons (Fsp3) is 0.200. The minimum atomic E-state index is -0.279. The number of carbonyl (C=O) groups is 2. The normalized spacial score (nSPS) is 10.4. The van der Waals surface area contributed by atoms with Crippen molar-refractivity contribution in [3.63, 3.8) is 0 Å². The van der Waals surface area contributed by atoms with E-state index in [1.54, 1.807) is 24.3 Å². The van der Waals surface area contributed by atoms with Gasteiger partial charge in [0.15, 0.2) is 4.34 Å².